The van der Waals surface area contributed by atoms with Crippen LogP contribution in [0.15, 0.2) is 195 Å². The molecule has 262 valence electrons. The van der Waals surface area contributed by atoms with E-state index in [9.17, 15) is 0 Å². The Labute approximate surface area is 322 Å². The Balaban J connectivity index is 1.11. The molecular formula is C50H32N6. The molecule has 0 amide bonds. The summed E-state index contributed by atoms with van der Waals surface area (Å²) >= 11 is 0. The van der Waals surface area contributed by atoms with E-state index in [0.717, 1.165) is 72.8 Å². The molecule has 56 heavy (non-hydrogen) atoms. The van der Waals surface area contributed by atoms with Gasteiger partial charge in [-0.1, -0.05) is 84.9 Å². The third-order valence-corrected chi connectivity index (χ3v) is 10.7. The summed E-state index contributed by atoms with van der Waals surface area (Å²) in [4.78, 5) is 19.2. The van der Waals surface area contributed by atoms with Gasteiger partial charge < -0.3 is 4.57 Å². The number of pyridine rings is 4. The molecule has 0 N–H and O–H groups in total. The maximum Gasteiger partial charge on any atom is 0.145 e. The van der Waals surface area contributed by atoms with Crippen LogP contribution in [0.4, 0.5) is 0 Å². The first-order chi connectivity index (χ1) is 27.8. The van der Waals surface area contributed by atoms with Crippen molar-refractivity contribution in [2.45, 2.75) is 0 Å². The Kier molecular flexibility index (Phi) is 7.38. The first-order valence-corrected chi connectivity index (χ1v) is 18.7. The van der Waals surface area contributed by atoms with Crippen molar-refractivity contribution >= 4 is 43.7 Å². The number of para-hydroxylation sites is 2. The van der Waals surface area contributed by atoms with Gasteiger partial charge in [0.2, 0.25) is 0 Å². The fourth-order valence-corrected chi connectivity index (χ4v) is 8.20. The third kappa shape index (κ3) is 5.19. The summed E-state index contributed by atoms with van der Waals surface area (Å²) in [6, 6.07) is 61.7. The highest BCUT2D eigenvalue weighted by molar-refractivity contribution is 6.17. The zero-order chi connectivity index (χ0) is 37.0. The van der Waals surface area contributed by atoms with Gasteiger partial charge in [-0.05, 0) is 113 Å². The van der Waals surface area contributed by atoms with E-state index < -0.39 is 0 Å². The molecule has 11 aromatic rings. The van der Waals surface area contributed by atoms with E-state index in [4.69, 9.17) is 9.97 Å². The zero-order valence-electron chi connectivity index (χ0n) is 30.2. The number of nitrogens with zero attached hydrogens (tertiary/aromatic N) is 6. The highest BCUT2D eigenvalue weighted by Crippen LogP contribution is 2.41. The van der Waals surface area contributed by atoms with Crippen molar-refractivity contribution < 1.29 is 0 Å². The maximum atomic E-state index is 5.01. The lowest BCUT2D eigenvalue weighted by Gasteiger charge is -2.13. The van der Waals surface area contributed by atoms with Gasteiger partial charge in [-0.25, -0.2) is 9.97 Å². The zero-order valence-corrected chi connectivity index (χ0v) is 30.2. The van der Waals surface area contributed by atoms with Crippen LogP contribution in [-0.2, 0) is 0 Å². The van der Waals surface area contributed by atoms with Crippen LogP contribution in [-0.4, -0.2) is 29.1 Å². The number of benzene rings is 5. The van der Waals surface area contributed by atoms with Crippen LogP contribution in [0, 0.1) is 0 Å². The molecule has 6 nitrogen and oxygen atoms in total. The molecule has 0 unspecified atom stereocenters. The smallest absolute Gasteiger partial charge is 0.145 e. The summed E-state index contributed by atoms with van der Waals surface area (Å²) < 4.78 is 4.67. The van der Waals surface area contributed by atoms with Gasteiger partial charge in [0.25, 0.3) is 0 Å². The Morgan fingerprint density at radius 2 is 1.02 bits per heavy atom. The number of hydrogen-bond acceptors (Lipinski definition) is 4. The third-order valence-electron chi connectivity index (χ3n) is 10.7. The summed E-state index contributed by atoms with van der Waals surface area (Å²) in [7, 11) is 0. The first-order valence-electron chi connectivity index (χ1n) is 18.7. The van der Waals surface area contributed by atoms with E-state index in [1.165, 1.54) is 27.4 Å². The average Bonchev–Trinajstić information content (AvgIpc) is 3.80. The largest absolute Gasteiger partial charge is 0.309 e. The van der Waals surface area contributed by atoms with Crippen LogP contribution in [0.25, 0.3) is 100 Å². The Morgan fingerprint density at radius 3 is 1.80 bits per heavy atom. The lowest BCUT2D eigenvalue weighted by atomic mass is 9.98. The van der Waals surface area contributed by atoms with E-state index in [2.05, 4.69) is 153 Å². The van der Waals surface area contributed by atoms with E-state index in [1.807, 2.05) is 48.7 Å². The van der Waals surface area contributed by atoms with Gasteiger partial charge in [-0.15, -0.1) is 0 Å². The molecule has 11 rings (SSSR count). The van der Waals surface area contributed by atoms with Crippen molar-refractivity contribution in [3.05, 3.63) is 195 Å². The van der Waals surface area contributed by atoms with E-state index >= 15 is 0 Å². The minimum absolute atomic E-state index is 0.792. The standard InChI is InChI=1S/C50H32N6/c1-2-14-36(15-3-1)55-46-22-5-4-17-41(46)49-38(18-11-23-47(49)55)34-24-25-39-40-19-12-28-53-50(40)56(48(39)32-34)37-16-10-13-33(29-37)35-30-44(42-20-6-8-26-51-42)54-45(31-35)43-21-7-9-27-52-43/h1-32H. The van der Waals surface area contributed by atoms with Gasteiger partial charge in [0.1, 0.15) is 5.65 Å². The number of aromatic nitrogens is 6. The van der Waals surface area contributed by atoms with Gasteiger partial charge in [-0.3, -0.25) is 14.5 Å². The maximum absolute atomic E-state index is 5.01. The highest BCUT2D eigenvalue weighted by Gasteiger charge is 2.19. The van der Waals surface area contributed by atoms with Crippen LogP contribution >= 0.6 is 0 Å². The number of rotatable bonds is 6. The van der Waals surface area contributed by atoms with Crippen molar-refractivity contribution in [1.82, 2.24) is 29.1 Å². The molecule has 0 saturated heterocycles. The molecule has 0 atom stereocenters. The summed E-state index contributed by atoms with van der Waals surface area (Å²) in [5.41, 5.74) is 14.2. The normalized spacial score (nSPS) is 11.6. The fourth-order valence-electron chi connectivity index (χ4n) is 8.20. The molecule has 0 radical (unpaired) electrons. The monoisotopic (exact) mass is 716 g/mol. The van der Waals surface area contributed by atoms with Crippen LogP contribution in [0.3, 0.4) is 0 Å². The molecule has 0 saturated carbocycles. The predicted molar refractivity (Wildman–Crippen MR) is 228 cm³/mol. The summed E-state index contributed by atoms with van der Waals surface area (Å²) in [5, 5.41) is 4.72. The van der Waals surface area contributed by atoms with Gasteiger partial charge in [-0.2, -0.15) is 0 Å². The number of hydrogen-bond donors (Lipinski definition) is 0. The minimum atomic E-state index is 0.792. The van der Waals surface area contributed by atoms with Gasteiger partial charge in [0, 0.05) is 51.5 Å². The molecule has 0 aliphatic heterocycles. The van der Waals surface area contributed by atoms with Crippen LogP contribution in [0.2, 0.25) is 0 Å². The fraction of sp³-hybridized carbons (Fsp3) is 0. The van der Waals surface area contributed by atoms with E-state index in [1.54, 1.807) is 12.4 Å². The van der Waals surface area contributed by atoms with Gasteiger partial charge >= 0.3 is 0 Å². The Morgan fingerprint density at radius 1 is 0.339 bits per heavy atom. The van der Waals surface area contributed by atoms with Crippen molar-refractivity contribution in [1.29, 1.82) is 0 Å². The lowest BCUT2D eigenvalue weighted by molar-refractivity contribution is 1.14. The first kappa shape index (κ1) is 31.8. The molecule has 0 aliphatic carbocycles. The lowest BCUT2D eigenvalue weighted by Crippen LogP contribution is -1.97. The quantitative estimate of drug-likeness (QED) is 0.172. The second-order valence-corrected chi connectivity index (χ2v) is 13.9. The molecular weight excluding hydrogens is 685 g/mol. The van der Waals surface area contributed by atoms with Crippen LogP contribution in [0.1, 0.15) is 0 Å². The molecule has 6 aromatic heterocycles. The molecule has 0 fully saturated rings. The second-order valence-electron chi connectivity index (χ2n) is 13.9. The molecule has 5 aromatic carbocycles. The van der Waals surface area contributed by atoms with Crippen LogP contribution < -0.4 is 0 Å². The van der Waals surface area contributed by atoms with Crippen molar-refractivity contribution in [2.75, 3.05) is 0 Å². The SMILES string of the molecule is c1ccc(-n2c3ccccc3c3c(-c4ccc5c6cccnc6n(-c6cccc(-c7cc(-c8ccccn8)nc(-c8ccccn8)c7)c6)c5c4)cccc32)cc1. The van der Waals surface area contributed by atoms with Gasteiger partial charge in [0.05, 0.1) is 39.3 Å². The van der Waals surface area contributed by atoms with E-state index in [0.29, 0.717) is 0 Å². The molecule has 0 spiro atoms. The number of fused-ring (bicyclic) bond motifs is 6. The highest BCUT2D eigenvalue weighted by atomic mass is 15.0. The van der Waals surface area contributed by atoms with Crippen molar-refractivity contribution in [3.8, 4) is 56.4 Å². The Hall–Kier alpha value is -7.70. The average molecular weight is 717 g/mol. The van der Waals surface area contributed by atoms with Crippen molar-refractivity contribution in [2.24, 2.45) is 0 Å². The summed E-state index contributed by atoms with van der Waals surface area (Å²) in [6.45, 7) is 0. The predicted octanol–water partition coefficient (Wildman–Crippen LogP) is 12.1. The molecule has 6 heterocycles. The Bertz CT molecular complexity index is 3180. The summed E-state index contributed by atoms with van der Waals surface area (Å²) in [6.07, 6.45) is 5.48. The minimum Gasteiger partial charge on any atom is -0.309 e. The summed E-state index contributed by atoms with van der Waals surface area (Å²) in [5.74, 6) is 0. The molecule has 6 heteroatoms. The van der Waals surface area contributed by atoms with Crippen molar-refractivity contribution in [3.63, 3.8) is 0 Å². The van der Waals surface area contributed by atoms with Crippen LogP contribution in [0.5, 0.6) is 0 Å². The second kappa shape index (κ2) is 13.0. The molecule has 0 bridgehead atoms. The molecule has 0 aliphatic rings. The van der Waals surface area contributed by atoms with Gasteiger partial charge in [0.15, 0.2) is 0 Å². The van der Waals surface area contributed by atoms with E-state index in [-0.39, 0.29) is 0 Å². The topological polar surface area (TPSA) is 61.4 Å².